The van der Waals surface area contributed by atoms with Gasteiger partial charge in [-0.1, -0.05) is 0 Å². The maximum absolute atomic E-state index is 14.0. The van der Waals surface area contributed by atoms with Crippen molar-refractivity contribution in [3.63, 3.8) is 0 Å². The van der Waals surface area contributed by atoms with Crippen LogP contribution in [0.15, 0.2) is 6.07 Å². The van der Waals surface area contributed by atoms with Crippen molar-refractivity contribution in [1.82, 2.24) is 14.7 Å². The van der Waals surface area contributed by atoms with Crippen LogP contribution in [0.25, 0.3) is 0 Å². The highest BCUT2D eigenvalue weighted by Gasteiger charge is 2.40. The highest BCUT2D eigenvalue weighted by atomic mass is 19.1. The highest BCUT2D eigenvalue weighted by molar-refractivity contribution is 6.05. The maximum Gasteiger partial charge on any atom is 0.303 e. The smallest absolute Gasteiger partial charge is 0.274 e. The van der Waals surface area contributed by atoms with Gasteiger partial charge in [-0.25, -0.2) is 14.0 Å². The molecule has 1 aliphatic rings. The topological polar surface area (TPSA) is 72.3 Å². The number of imide groups is 1. The van der Waals surface area contributed by atoms with Crippen LogP contribution in [-0.2, 0) is 9.59 Å². The summed E-state index contributed by atoms with van der Waals surface area (Å²) in [4.78, 5) is 34.9. The Morgan fingerprint density at radius 3 is 2.33 bits per heavy atom. The van der Waals surface area contributed by atoms with Crippen molar-refractivity contribution in [3.05, 3.63) is 17.5 Å². The van der Waals surface area contributed by atoms with Gasteiger partial charge in [-0.3, -0.25) is 14.4 Å². The van der Waals surface area contributed by atoms with Crippen molar-refractivity contribution in [2.75, 3.05) is 0 Å². The van der Waals surface area contributed by atoms with Gasteiger partial charge in [-0.05, 0) is 19.9 Å². The van der Waals surface area contributed by atoms with E-state index in [2.05, 4.69) is 5.10 Å². The molecule has 18 heavy (non-hydrogen) atoms. The lowest BCUT2D eigenvalue weighted by atomic mass is 10.4. The number of carbonyl (C=O) groups excluding carboxylic acids is 3. The van der Waals surface area contributed by atoms with E-state index in [0.29, 0.717) is 16.3 Å². The highest BCUT2D eigenvalue weighted by Crippen LogP contribution is 2.18. The predicted molar refractivity (Wildman–Crippen MR) is 58.3 cm³/mol. The average molecular weight is 253 g/mol. The second-order valence-corrected chi connectivity index (χ2v) is 4.17. The van der Waals surface area contributed by atoms with Crippen LogP contribution < -0.4 is 0 Å². The zero-order chi connectivity index (χ0) is 13.4. The molecule has 1 atom stereocenters. The Morgan fingerprint density at radius 1 is 1.33 bits per heavy atom. The van der Waals surface area contributed by atoms with Crippen molar-refractivity contribution in [1.29, 1.82) is 0 Å². The number of amides is 2. The number of nitrogens with zero attached hydrogens (tertiary/aromatic N) is 3. The molecule has 0 aliphatic carbocycles. The molecule has 6 nitrogen and oxygen atoms in total. The van der Waals surface area contributed by atoms with Crippen LogP contribution in [0.4, 0.5) is 4.39 Å². The summed E-state index contributed by atoms with van der Waals surface area (Å²) in [5.41, 5.74) is 1.02. The van der Waals surface area contributed by atoms with E-state index in [1.807, 2.05) is 0 Å². The fourth-order valence-corrected chi connectivity index (χ4v) is 1.91. The average Bonchev–Trinajstić information content (AvgIpc) is 2.80. The molecular formula is C11H12FN3O3. The maximum atomic E-state index is 14.0. The van der Waals surface area contributed by atoms with E-state index in [4.69, 9.17) is 0 Å². The molecular weight excluding hydrogens is 241 g/mol. The first kappa shape index (κ1) is 12.4. The molecule has 2 rings (SSSR count). The fourth-order valence-electron chi connectivity index (χ4n) is 1.91. The number of alkyl halides is 1. The van der Waals surface area contributed by atoms with Crippen molar-refractivity contribution in [2.45, 2.75) is 33.0 Å². The van der Waals surface area contributed by atoms with Gasteiger partial charge in [0.1, 0.15) is 0 Å². The first-order valence-electron chi connectivity index (χ1n) is 5.48. The number of carbonyl (C=O) groups is 3. The van der Waals surface area contributed by atoms with Crippen LogP contribution in [0.3, 0.4) is 0 Å². The minimum absolute atomic E-state index is 0.0519. The lowest BCUT2D eigenvalue weighted by molar-refractivity contribution is -0.143. The third-order valence-corrected chi connectivity index (χ3v) is 2.74. The summed E-state index contributed by atoms with van der Waals surface area (Å²) in [6, 6.07) is 1.61. The Morgan fingerprint density at radius 2 is 1.89 bits per heavy atom. The van der Waals surface area contributed by atoms with Gasteiger partial charge < -0.3 is 0 Å². The van der Waals surface area contributed by atoms with E-state index in [1.54, 1.807) is 19.9 Å². The van der Waals surface area contributed by atoms with E-state index in [0.717, 1.165) is 4.68 Å². The number of rotatable bonds is 2. The summed E-state index contributed by atoms with van der Waals surface area (Å²) < 4.78 is 14.8. The van der Waals surface area contributed by atoms with Crippen molar-refractivity contribution >= 4 is 17.7 Å². The summed E-state index contributed by atoms with van der Waals surface area (Å²) in [7, 11) is 0. The Labute approximate surface area is 102 Å². The molecule has 2 heterocycles. The number of hydrogen-bond donors (Lipinski definition) is 0. The molecule has 0 saturated carbocycles. The number of aromatic nitrogens is 2. The molecule has 0 bridgehead atoms. The van der Waals surface area contributed by atoms with Crippen LogP contribution >= 0.6 is 0 Å². The molecule has 2 amide bonds. The van der Waals surface area contributed by atoms with Crippen LogP contribution in [0, 0.1) is 13.8 Å². The first-order chi connectivity index (χ1) is 8.41. The second-order valence-electron chi connectivity index (χ2n) is 4.17. The van der Waals surface area contributed by atoms with E-state index in [1.165, 1.54) is 0 Å². The first-order valence-corrected chi connectivity index (χ1v) is 5.48. The van der Waals surface area contributed by atoms with Gasteiger partial charge in [0.15, 0.2) is 0 Å². The van der Waals surface area contributed by atoms with Crippen molar-refractivity contribution in [3.8, 4) is 0 Å². The SMILES string of the molecule is Cc1cc(C)n(C(=O)[C@H](F)N2C(=O)CCC2=O)n1. The van der Waals surface area contributed by atoms with Crippen LogP contribution in [0.2, 0.25) is 0 Å². The quantitative estimate of drug-likeness (QED) is 0.571. The molecule has 7 heteroatoms. The van der Waals surface area contributed by atoms with E-state index in [9.17, 15) is 18.8 Å². The minimum Gasteiger partial charge on any atom is -0.274 e. The molecule has 1 saturated heterocycles. The van der Waals surface area contributed by atoms with Gasteiger partial charge >= 0.3 is 5.91 Å². The van der Waals surface area contributed by atoms with E-state index < -0.39 is 24.0 Å². The molecule has 0 unspecified atom stereocenters. The fraction of sp³-hybridized carbons (Fsp3) is 0.455. The molecule has 1 aromatic heterocycles. The summed E-state index contributed by atoms with van der Waals surface area (Å²) in [6.45, 7) is 3.26. The lowest BCUT2D eigenvalue weighted by Gasteiger charge is -2.17. The van der Waals surface area contributed by atoms with Gasteiger partial charge in [0.05, 0.1) is 5.69 Å². The van der Waals surface area contributed by atoms with Crippen LogP contribution in [0.5, 0.6) is 0 Å². The predicted octanol–water partition coefficient (Wildman–Crippen LogP) is 0.585. The Bertz CT molecular complexity index is 522. The van der Waals surface area contributed by atoms with Gasteiger partial charge in [-0.2, -0.15) is 5.10 Å². The molecule has 1 aromatic rings. The molecule has 0 N–H and O–H groups in total. The van der Waals surface area contributed by atoms with Gasteiger partial charge in [-0.15, -0.1) is 0 Å². The minimum atomic E-state index is -2.30. The van der Waals surface area contributed by atoms with Crippen LogP contribution in [-0.4, -0.2) is 38.7 Å². The van der Waals surface area contributed by atoms with E-state index in [-0.39, 0.29) is 12.8 Å². The zero-order valence-corrected chi connectivity index (χ0v) is 10.0. The monoisotopic (exact) mass is 253 g/mol. The third-order valence-electron chi connectivity index (χ3n) is 2.74. The summed E-state index contributed by atoms with van der Waals surface area (Å²) in [6.07, 6.45) is -2.40. The number of hydrogen-bond acceptors (Lipinski definition) is 4. The van der Waals surface area contributed by atoms with Crippen LogP contribution in [0.1, 0.15) is 29.0 Å². The molecule has 96 valence electrons. The number of aryl methyl sites for hydroxylation is 2. The van der Waals surface area contributed by atoms with Crippen molar-refractivity contribution < 1.29 is 18.8 Å². The standard InChI is InChI=1S/C11H12FN3O3/c1-6-5-7(2)15(13-6)11(18)10(12)14-8(16)3-4-9(14)17/h5,10H,3-4H2,1-2H3/t10-/m1/s1. The molecule has 1 aliphatic heterocycles. The second kappa shape index (κ2) is 4.32. The van der Waals surface area contributed by atoms with Gasteiger partial charge in [0, 0.05) is 18.5 Å². The molecule has 0 aromatic carbocycles. The summed E-state index contributed by atoms with van der Waals surface area (Å²) in [5.74, 6) is -2.35. The third kappa shape index (κ3) is 1.92. The Balaban J connectivity index is 2.26. The van der Waals surface area contributed by atoms with Crippen molar-refractivity contribution in [2.24, 2.45) is 0 Å². The Hall–Kier alpha value is -2.05. The number of halogens is 1. The summed E-state index contributed by atoms with van der Waals surface area (Å²) >= 11 is 0. The van der Waals surface area contributed by atoms with Gasteiger partial charge in [0.2, 0.25) is 11.8 Å². The number of likely N-dealkylation sites (tertiary alicyclic amines) is 1. The lowest BCUT2D eigenvalue weighted by Crippen LogP contribution is -2.44. The zero-order valence-electron chi connectivity index (χ0n) is 10.0. The summed E-state index contributed by atoms with van der Waals surface area (Å²) in [5, 5.41) is 3.83. The largest absolute Gasteiger partial charge is 0.303 e. The Kier molecular flexibility index (Phi) is 2.98. The molecule has 1 fully saturated rings. The molecule has 0 radical (unpaired) electrons. The normalized spacial score (nSPS) is 17.4. The molecule has 0 spiro atoms. The van der Waals surface area contributed by atoms with Gasteiger partial charge in [0.25, 0.3) is 6.30 Å². The van der Waals surface area contributed by atoms with E-state index >= 15 is 0 Å².